The van der Waals surface area contributed by atoms with E-state index in [1.54, 1.807) is 18.5 Å². The van der Waals surface area contributed by atoms with E-state index < -0.39 is 20.0 Å². The molecule has 0 bridgehead atoms. The summed E-state index contributed by atoms with van der Waals surface area (Å²) in [5.74, 6) is 0. The summed E-state index contributed by atoms with van der Waals surface area (Å²) in [7, 11) is -7.52. The maximum absolute atomic E-state index is 13.2. The Morgan fingerprint density at radius 3 is 2.03 bits per heavy atom. The SMILES string of the molecule is Cc1nn(-c2ccccc2)c(C)c1S(=O)(=O)Nc1ccc(S(=O)(=O)N2CCCCCC2)cc1. The molecule has 0 radical (unpaired) electrons. The summed E-state index contributed by atoms with van der Waals surface area (Å²) >= 11 is 0. The van der Waals surface area contributed by atoms with Gasteiger partial charge in [0.2, 0.25) is 10.0 Å². The number of sulfonamides is 2. The van der Waals surface area contributed by atoms with Gasteiger partial charge in [-0.05, 0) is 63.1 Å². The van der Waals surface area contributed by atoms with E-state index in [0.29, 0.717) is 24.5 Å². The number of rotatable bonds is 6. The molecule has 0 saturated carbocycles. The van der Waals surface area contributed by atoms with Gasteiger partial charge in [0.05, 0.1) is 22.0 Å². The van der Waals surface area contributed by atoms with E-state index in [4.69, 9.17) is 0 Å². The van der Waals surface area contributed by atoms with Crippen molar-refractivity contribution >= 4 is 25.7 Å². The van der Waals surface area contributed by atoms with Crippen LogP contribution in [0, 0.1) is 13.8 Å². The van der Waals surface area contributed by atoms with Crippen LogP contribution in [0.5, 0.6) is 0 Å². The van der Waals surface area contributed by atoms with Crippen molar-refractivity contribution in [2.24, 2.45) is 0 Å². The molecule has 10 heteroatoms. The third-order valence-electron chi connectivity index (χ3n) is 5.80. The number of anilines is 1. The van der Waals surface area contributed by atoms with Crippen LogP contribution in [0.3, 0.4) is 0 Å². The molecule has 3 aromatic rings. The van der Waals surface area contributed by atoms with Crippen molar-refractivity contribution in [2.75, 3.05) is 17.8 Å². The Bertz CT molecular complexity index is 1330. The van der Waals surface area contributed by atoms with Gasteiger partial charge in [0.1, 0.15) is 4.90 Å². The zero-order valence-electron chi connectivity index (χ0n) is 18.7. The van der Waals surface area contributed by atoms with Crippen LogP contribution in [0.4, 0.5) is 5.69 Å². The lowest BCUT2D eigenvalue weighted by Gasteiger charge is -2.20. The lowest BCUT2D eigenvalue weighted by Crippen LogP contribution is -2.31. The number of aromatic nitrogens is 2. The van der Waals surface area contributed by atoms with Crippen LogP contribution in [-0.4, -0.2) is 44.0 Å². The van der Waals surface area contributed by atoms with E-state index in [2.05, 4.69) is 9.82 Å². The van der Waals surface area contributed by atoms with Gasteiger partial charge in [-0.3, -0.25) is 4.72 Å². The van der Waals surface area contributed by atoms with Crippen molar-refractivity contribution in [3.8, 4) is 5.69 Å². The molecule has 1 aromatic heterocycles. The number of hydrogen-bond acceptors (Lipinski definition) is 5. The van der Waals surface area contributed by atoms with Crippen LogP contribution >= 0.6 is 0 Å². The van der Waals surface area contributed by atoms with E-state index in [1.165, 1.54) is 28.6 Å². The lowest BCUT2D eigenvalue weighted by atomic mass is 10.2. The second-order valence-corrected chi connectivity index (χ2v) is 11.8. The van der Waals surface area contributed by atoms with Gasteiger partial charge in [0.15, 0.2) is 0 Å². The van der Waals surface area contributed by atoms with Crippen molar-refractivity contribution < 1.29 is 16.8 Å². The molecule has 0 aliphatic carbocycles. The van der Waals surface area contributed by atoms with Gasteiger partial charge in [0, 0.05) is 18.8 Å². The summed E-state index contributed by atoms with van der Waals surface area (Å²) in [6.45, 7) is 4.39. The summed E-state index contributed by atoms with van der Waals surface area (Å²) in [6, 6.07) is 15.2. The number of para-hydroxylation sites is 1. The van der Waals surface area contributed by atoms with E-state index in [-0.39, 0.29) is 15.5 Å². The molecule has 0 atom stereocenters. The van der Waals surface area contributed by atoms with E-state index >= 15 is 0 Å². The van der Waals surface area contributed by atoms with E-state index in [1.807, 2.05) is 30.3 Å². The van der Waals surface area contributed by atoms with Crippen LogP contribution in [0.15, 0.2) is 64.4 Å². The zero-order chi connectivity index (χ0) is 23.6. The Labute approximate surface area is 195 Å². The molecule has 1 saturated heterocycles. The molecule has 4 rings (SSSR count). The van der Waals surface area contributed by atoms with Crippen LogP contribution in [0.25, 0.3) is 5.69 Å². The number of nitrogens with one attached hydrogen (secondary N) is 1. The Morgan fingerprint density at radius 1 is 0.818 bits per heavy atom. The van der Waals surface area contributed by atoms with Crippen molar-refractivity contribution in [1.82, 2.24) is 14.1 Å². The monoisotopic (exact) mass is 488 g/mol. The average Bonchev–Trinajstić information content (AvgIpc) is 2.96. The summed E-state index contributed by atoms with van der Waals surface area (Å²) in [6.07, 6.45) is 3.78. The lowest BCUT2D eigenvalue weighted by molar-refractivity contribution is 0.424. The van der Waals surface area contributed by atoms with Gasteiger partial charge < -0.3 is 0 Å². The average molecular weight is 489 g/mol. The molecule has 1 fully saturated rings. The van der Waals surface area contributed by atoms with Crippen LogP contribution in [0.2, 0.25) is 0 Å². The molecular weight excluding hydrogens is 460 g/mol. The fraction of sp³-hybridized carbons (Fsp3) is 0.348. The highest BCUT2D eigenvalue weighted by Gasteiger charge is 2.27. The summed E-state index contributed by atoms with van der Waals surface area (Å²) in [4.78, 5) is 0.268. The number of nitrogens with zero attached hydrogens (tertiary/aromatic N) is 3. The van der Waals surface area contributed by atoms with E-state index in [0.717, 1.165) is 31.4 Å². The highest BCUT2D eigenvalue weighted by molar-refractivity contribution is 7.92. The molecule has 1 aliphatic rings. The van der Waals surface area contributed by atoms with Crippen LogP contribution < -0.4 is 4.72 Å². The summed E-state index contributed by atoms with van der Waals surface area (Å²) in [5, 5.41) is 4.41. The molecule has 2 aromatic carbocycles. The fourth-order valence-corrected chi connectivity index (χ4v) is 7.14. The van der Waals surface area contributed by atoms with Gasteiger partial charge in [-0.2, -0.15) is 9.40 Å². The molecule has 176 valence electrons. The van der Waals surface area contributed by atoms with Crippen molar-refractivity contribution in [3.05, 3.63) is 66.0 Å². The third-order valence-corrected chi connectivity index (χ3v) is 9.35. The van der Waals surface area contributed by atoms with Gasteiger partial charge in [0.25, 0.3) is 10.0 Å². The first kappa shape index (κ1) is 23.5. The van der Waals surface area contributed by atoms with Gasteiger partial charge in [-0.25, -0.2) is 21.5 Å². The maximum atomic E-state index is 13.2. The first-order valence-electron chi connectivity index (χ1n) is 10.9. The number of benzene rings is 2. The predicted octanol–water partition coefficient (Wildman–Crippen LogP) is 3.85. The smallest absolute Gasteiger partial charge is 0.265 e. The van der Waals surface area contributed by atoms with Crippen LogP contribution in [-0.2, 0) is 20.0 Å². The van der Waals surface area contributed by atoms with Crippen molar-refractivity contribution in [3.63, 3.8) is 0 Å². The third kappa shape index (κ3) is 4.83. The molecular formula is C23H28N4O4S2. The molecule has 0 spiro atoms. The standard InChI is InChI=1S/C23H28N4O4S2/c1-18-23(19(2)27(24-18)21-10-6-5-7-11-21)32(28,29)25-20-12-14-22(15-13-20)33(30,31)26-16-8-3-4-9-17-26/h5-7,10-15,25H,3-4,8-9,16-17H2,1-2H3. The van der Waals surface area contributed by atoms with Crippen LogP contribution in [0.1, 0.15) is 37.1 Å². The topological polar surface area (TPSA) is 101 Å². The molecule has 2 heterocycles. The Kier molecular flexibility index (Phi) is 6.60. The quantitative estimate of drug-likeness (QED) is 0.568. The first-order chi connectivity index (χ1) is 15.7. The van der Waals surface area contributed by atoms with Gasteiger partial charge in [-0.15, -0.1) is 0 Å². The molecule has 1 N–H and O–H groups in total. The molecule has 0 unspecified atom stereocenters. The Morgan fingerprint density at radius 2 is 1.42 bits per heavy atom. The highest BCUT2D eigenvalue weighted by Crippen LogP contribution is 2.26. The fourth-order valence-electron chi connectivity index (χ4n) is 4.17. The molecule has 0 amide bonds. The Balaban J connectivity index is 1.58. The predicted molar refractivity (Wildman–Crippen MR) is 128 cm³/mol. The minimum atomic E-state index is -3.93. The molecule has 33 heavy (non-hydrogen) atoms. The minimum Gasteiger partial charge on any atom is -0.280 e. The highest BCUT2D eigenvalue weighted by atomic mass is 32.2. The molecule has 8 nitrogen and oxygen atoms in total. The van der Waals surface area contributed by atoms with Gasteiger partial charge >= 0.3 is 0 Å². The summed E-state index contributed by atoms with van der Waals surface area (Å²) < 4.78 is 57.9. The zero-order valence-corrected chi connectivity index (χ0v) is 20.4. The normalized spacial score (nSPS) is 15.8. The second kappa shape index (κ2) is 9.28. The van der Waals surface area contributed by atoms with E-state index in [9.17, 15) is 16.8 Å². The Hall–Kier alpha value is -2.69. The first-order valence-corrected chi connectivity index (χ1v) is 13.9. The number of hydrogen-bond donors (Lipinski definition) is 1. The maximum Gasteiger partial charge on any atom is 0.265 e. The van der Waals surface area contributed by atoms with Gasteiger partial charge in [-0.1, -0.05) is 31.0 Å². The van der Waals surface area contributed by atoms with Crippen molar-refractivity contribution in [2.45, 2.75) is 49.3 Å². The minimum absolute atomic E-state index is 0.104. The summed E-state index contributed by atoms with van der Waals surface area (Å²) in [5.41, 5.74) is 1.93. The number of aryl methyl sites for hydroxylation is 1. The second-order valence-electron chi connectivity index (χ2n) is 8.20. The largest absolute Gasteiger partial charge is 0.280 e. The van der Waals surface area contributed by atoms with Crippen molar-refractivity contribution in [1.29, 1.82) is 0 Å². The molecule has 1 aliphatic heterocycles.